The summed E-state index contributed by atoms with van der Waals surface area (Å²) in [5.41, 5.74) is 4.58. The van der Waals surface area contributed by atoms with Gasteiger partial charge in [-0.25, -0.2) is 9.67 Å². The lowest BCUT2D eigenvalue weighted by Crippen LogP contribution is -2.14. The molecule has 0 spiro atoms. The molecule has 0 atom stereocenters. The van der Waals surface area contributed by atoms with Crippen molar-refractivity contribution in [1.82, 2.24) is 14.8 Å². The molecule has 6 heteroatoms. The summed E-state index contributed by atoms with van der Waals surface area (Å²) in [5.74, 6) is 0.294. The molecule has 1 heterocycles. The Labute approximate surface area is 196 Å². The third-order valence-corrected chi connectivity index (χ3v) is 5.98. The van der Waals surface area contributed by atoms with E-state index in [9.17, 15) is 4.79 Å². The lowest BCUT2D eigenvalue weighted by atomic mass is 10.1. The molecule has 0 unspecified atom stereocenters. The lowest BCUT2D eigenvalue weighted by Gasteiger charge is -2.11. The van der Waals surface area contributed by atoms with Crippen molar-refractivity contribution >= 4 is 34.0 Å². The summed E-state index contributed by atoms with van der Waals surface area (Å²) in [6.45, 7) is 4.08. The Morgan fingerprint density at radius 2 is 1.64 bits per heavy atom. The Morgan fingerprint density at radius 3 is 2.42 bits per heavy atom. The maximum absolute atomic E-state index is 13.1. The van der Waals surface area contributed by atoms with Gasteiger partial charge in [0.2, 0.25) is 5.82 Å². The zero-order valence-corrected chi connectivity index (χ0v) is 19.0. The number of hydrogen-bond donors (Lipinski definition) is 1. The number of rotatable bonds is 4. The summed E-state index contributed by atoms with van der Waals surface area (Å²) >= 11 is 6.08. The van der Waals surface area contributed by atoms with Crippen molar-refractivity contribution in [3.05, 3.63) is 107 Å². The van der Waals surface area contributed by atoms with Crippen molar-refractivity contribution in [1.29, 1.82) is 0 Å². The zero-order valence-electron chi connectivity index (χ0n) is 18.2. The number of nitrogens with one attached hydrogen (secondary N) is 1. The molecule has 5 aromatic rings. The number of aryl methyl sites for hydroxylation is 1. The van der Waals surface area contributed by atoms with Gasteiger partial charge in [0.15, 0.2) is 5.82 Å². The monoisotopic (exact) mass is 452 g/mol. The van der Waals surface area contributed by atoms with E-state index in [4.69, 9.17) is 11.6 Å². The maximum Gasteiger partial charge on any atom is 0.295 e. The minimum atomic E-state index is -0.371. The van der Waals surface area contributed by atoms with E-state index in [1.165, 1.54) is 0 Å². The van der Waals surface area contributed by atoms with Gasteiger partial charge >= 0.3 is 0 Å². The first-order valence-corrected chi connectivity index (χ1v) is 11.0. The van der Waals surface area contributed by atoms with Gasteiger partial charge in [0.1, 0.15) is 0 Å². The standard InChI is InChI=1S/C27H21ClN4O/c1-17-6-5-9-24(18(17)2)32-26(20-10-13-22(28)14-11-20)30-25(31-32)27(33)29-23-15-12-19-7-3-4-8-21(19)16-23/h3-16H,1-2H3,(H,29,33). The number of hydrogen-bond acceptors (Lipinski definition) is 3. The third kappa shape index (κ3) is 4.11. The predicted molar refractivity (Wildman–Crippen MR) is 133 cm³/mol. The van der Waals surface area contributed by atoms with E-state index in [0.29, 0.717) is 16.5 Å². The Balaban J connectivity index is 1.56. The molecule has 33 heavy (non-hydrogen) atoms. The van der Waals surface area contributed by atoms with E-state index in [2.05, 4.69) is 15.4 Å². The van der Waals surface area contributed by atoms with E-state index in [0.717, 1.165) is 33.2 Å². The minimum absolute atomic E-state index is 0.0917. The number of nitrogens with zero attached hydrogens (tertiary/aromatic N) is 3. The van der Waals surface area contributed by atoms with Crippen LogP contribution in [0.2, 0.25) is 5.02 Å². The number of carbonyl (C=O) groups is 1. The number of anilines is 1. The number of aromatic nitrogens is 3. The van der Waals surface area contributed by atoms with Crippen molar-refractivity contribution in [2.45, 2.75) is 13.8 Å². The molecule has 0 saturated heterocycles. The van der Waals surface area contributed by atoms with Crippen molar-refractivity contribution in [2.75, 3.05) is 5.32 Å². The molecule has 5 nitrogen and oxygen atoms in total. The first-order chi connectivity index (χ1) is 16.0. The van der Waals surface area contributed by atoms with E-state index in [-0.39, 0.29) is 11.7 Å². The topological polar surface area (TPSA) is 59.8 Å². The SMILES string of the molecule is Cc1cccc(-n2nc(C(=O)Nc3ccc4ccccc4c3)nc2-c2ccc(Cl)cc2)c1C. The van der Waals surface area contributed by atoms with Crippen molar-refractivity contribution in [3.8, 4) is 17.1 Å². The average Bonchev–Trinajstić information content (AvgIpc) is 3.27. The summed E-state index contributed by atoms with van der Waals surface area (Å²) in [7, 11) is 0. The number of benzene rings is 4. The molecule has 0 aliphatic heterocycles. The van der Waals surface area contributed by atoms with Crippen LogP contribution in [-0.2, 0) is 0 Å². The van der Waals surface area contributed by atoms with Crippen molar-refractivity contribution in [3.63, 3.8) is 0 Å². The van der Waals surface area contributed by atoms with Crippen molar-refractivity contribution in [2.24, 2.45) is 0 Å². The molecule has 4 aromatic carbocycles. The highest BCUT2D eigenvalue weighted by Gasteiger charge is 2.20. The molecule has 0 radical (unpaired) electrons. The van der Waals surface area contributed by atoms with Gasteiger partial charge < -0.3 is 5.32 Å². The fourth-order valence-corrected chi connectivity index (χ4v) is 3.91. The minimum Gasteiger partial charge on any atom is -0.319 e. The largest absolute Gasteiger partial charge is 0.319 e. The van der Waals surface area contributed by atoms with Gasteiger partial charge in [-0.15, -0.1) is 5.10 Å². The van der Waals surface area contributed by atoms with Gasteiger partial charge in [0, 0.05) is 16.3 Å². The molecule has 0 aliphatic carbocycles. The van der Waals surface area contributed by atoms with Crippen LogP contribution in [0.15, 0.2) is 84.9 Å². The van der Waals surface area contributed by atoms with Crippen LogP contribution < -0.4 is 5.32 Å². The second kappa shape index (κ2) is 8.52. The average molecular weight is 453 g/mol. The molecule has 1 N–H and O–H groups in total. The molecule has 5 rings (SSSR count). The molecule has 162 valence electrons. The Bertz CT molecular complexity index is 1490. The van der Waals surface area contributed by atoms with Gasteiger partial charge in [0.25, 0.3) is 5.91 Å². The number of halogens is 1. The number of fused-ring (bicyclic) bond motifs is 1. The van der Waals surface area contributed by atoms with Gasteiger partial charge in [-0.05, 0) is 78.2 Å². The summed E-state index contributed by atoms with van der Waals surface area (Å²) in [5, 5.41) is 10.3. The highest BCUT2D eigenvalue weighted by Crippen LogP contribution is 2.26. The van der Waals surface area contributed by atoms with Crippen LogP contribution in [0.25, 0.3) is 27.8 Å². The Hall–Kier alpha value is -3.96. The highest BCUT2D eigenvalue weighted by atomic mass is 35.5. The predicted octanol–water partition coefficient (Wildman–Crippen LogP) is 6.61. The van der Waals surface area contributed by atoms with E-state index < -0.39 is 0 Å². The van der Waals surface area contributed by atoms with Crippen LogP contribution in [0.4, 0.5) is 5.69 Å². The fraction of sp³-hybridized carbons (Fsp3) is 0.0741. The molecule has 1 amide bonds. The lowest BCUT2D eigenvalue weighted by molar-refractivity contribution is 0.101. The van der Waals surface area contributed by atoms with Crippen molar-refractivity contribution < 1.29 is 4.79 Å². The van der Waals surface area contributed by atoms with E-state index in [1.807, 2.05) is 86.6 Å². The van der Waals surface area contributed by atoms with Crippen LogP contribution in [-0.4, -0.2) is 20.7 Å². The first-order valence-electron chi connectivity index (χ1n) is 10.6. The number of amides is 1. The quantitative estimate of drug-likeness (QED) is 0.333. The normalized spacial score (nSPS) is 11.0. The molecule has 0 saturated carbocycles. The van der Waals surface area contributed by atoms with Gasteiger partial charge in [-0.1, -0.05) is 54.1 Å². The van der Waals surface area contributed by atoms with Crippen LogP contribution in [0.3, 0.4) is 0 Å². The fourth-order valence-electron chi connectivity index (χ4n) is 3.78. The zero-order chi connectivity index (χ0) is 22.9. The molecule has 0 aliphatic rings. The van der Waals surface area contributed by atoms with E-state index in [1.54, 1.807) is 16.8 Å². The number of carbonyl (C=O) groups excluding carboxylic acids is 1. The van der Waals surface area contributed by atoms with E-state index >= 15 is 0 Å². The third-order valence-electron chi connectivity index (χ3n) is 5.72. The first kappa shape index (κ1) is 20.9. The summed E-state index contributed by atoms with van der Waals surface area (Å²) in [4.78, 5) is 17.7. The molecular weight excluding hydrogens is 432 g/mol. The summed E-state index contributed by atoms with van der Waals surface area (Å²) in [6, 6.07) is 27.1. The second-order valence-corrected chi connectivity index (χ2v) is 8.35. The van der Waals surface area contributed by atoms with Crippen LogP contribution in [0, 0.1) is 13.8 Å². The Morgan fingerprint density at radius 1 is 0.879 bits per heavy atom. The van der Waals surface area contributed by atoms with Gasteiger partial charge in [0.05, 0.1) is 5.69 Å². The molecule has 1 aromatic heterocycles. The molecular formula is C27H21ClN4O. The molecule has 0 bridgehead atoms. The molecule has 0 fully saturated rings. The second-order valence-electron chi connectivity index (χ2n) is 7.91. The summed E-state index contributed by atoms with van der Waals surface area (Å²) < 4.78 is 1.72. The van der Waals surface area contributed by atoms with Crippen LogP contribution >= 0.6 is 11.6 Å². The summed E-state index contributed by atoms with van der Waals surface area (Å²) in [6.07, 6.45) is 0. The Kier molecular flexibility index (Phi) is 5.40. The van der Waals surface area contributed by atoms with Gasteiger partial charge in [-0.2, -0.15) is 0 Å². The maximum atomic E-state index is 13.1. The van der Waals surface area contributed by atoms with Crippen LogP contribution in [0.1, 0.15) is 21.7 Å². The van der Waals surface area contributed by atoms with Gasteiger partial charge in [-0.3, -0.25) is 4.79 Å². The smallest absolute Gasteiger partial charge is 0.295 e. The van der Waals surface area contributed by atoms with Crippen LogP contribution in [0.5, 0.6) is 0 Å². The highest BCUT2D eigenvalue weighted by molar-refractivity contribution is 6.30.